The van der Waals surface area contributed by atoms with E-state index in [2.05, 4.69) is 21.2 Å². The van der Waals surface area contributed by atoms with Crippen molar-refractivity contribution in [2.45, 2.75) is 18.9 Å². The van der Waals surface area contributed by atoms with Crippen LogP contribution >= 0.6 is 27.7 Å². The van der Waals surface area contributed by atoms with Crippen molar-refractivity contribution in [1.29, 1.82) is 0 Å². The lowest BCUT2D eigenvalue weighted by Crippen LogP contribution is -2.54. The normalized spacial score (nSPS) is 22.2. The number of benzene rings is 1. The van der Waals surface area contributed by atoms with Crippen molar-refractivity contribution < 1.29 is 14.7 Å². The maximum absolute atomic E-state index is 12.2. The molecule has 2 rings (SSSR count). The van der Waals surface area contributed by atoms with Gasteiger partial charge in [0.2, 0.25) is 0 Å². The van der Waals surface area contributed by atoms with Crippen molar-refractivity contribution in [2.75, 3.05) is 11.5 Å². The highest BCUT2D eigenvalue weighted by Gasteiger charge is 2.43. The summed E-state index contributed by atoms with van der Waals surface area (Å²) < 4.78 is 0.894. The minimum atomic E-state index is -1.12. The van der Waals surface area contributed by atoms with Gasteiger partial charge < -0.3 is 10.4 Å². The first kappa shape index (κ1) is 14.4. The second-order valence-electron chi connectivity index (χ2n) is 4.60. The number of carboxylic acid groups (broad SMARTS) is 1. The Bertz CT molecular complexity index is 527. The second-order valence-corrected chi connectivity index (χ2v) is 6.62. The summed E-state index contributed by atoms with van der Waals surface area (Å²) in [5.41, 5.74) is 0.208. The van der Waals surface area contributed by atoms with E-state index in [0.717, 1.165) is 15.8 Å². The monoisotopic (exact) mass is 343 g/mol. The summed E-state index contributed by atoms with van der Waals surface area (Å²) in [4.78, 5) is 23.6. The minimum absolute atomic E-state index is 0.324. The highest BCUT2D eigenvalue weighted by Crippen LogP contribution is 2.29. The molecule has 0 spiro atoms. The van der Waals surface area contributed by atoms with Crippen LogP contribution in [0.15, 0.2) is 22.7 Å². The third kappa shape index (κ3) is 2.95. The molecule has 1 atom stereocenters. The topological polar surface area (TPSA) is 66.4 Å². The molecule has 0 saturated carbocycles. The van der Waals surface area contributed by atoms with E-state index in [9.17, 15) is 14.7 Å². The van der Waals surface area contributed by atoms with E-state index in [-0.39, 0.29) is 5.91 Å². The molecule has 1 unspecified atom stereocenters. The zero-order chi connectivity index (χ0) is 14.0. The largest absolute Gasteiger partial charge is 0.479 e. The molecule has 0 aromatic heterocycles. The van der Waals surface area contributed by atoms with Crippen molar-refractivity contribution in [3.05, 3.63) is 33.8 Å². The number of rotatable bonds is 3. The van der Waals surface area contributed by atoms with E-state index in [1.165, 1.54) is 0 Å². The van der Waals surface area contributed by atoms with Gasteiger partial charge in [0, 0.05) is 15.8 Å². The molecule has 0 radical (unpaired) electrons. The fourth-order valence-electron chi connectivity index (χ4n) is 2.05. The third-order valence-electron chi connectivity index (χ3n) is 3.22. The molecular weight excluding hydrogens is 330 g/mol. The third-order valence-corrected chi connectivity index (χ3v) is 4.90. The van der Waals surface area contributed by atoms with Gasteiger partial charge in [-0.3, -0.25) is 4.79 Å². The molecule has 1 saturated heterocycles. The van der Waals surface area contributed by atoms with E-state index < -0.39 is 11.5 Å². The number of hydrogen-bond acceptors (Lipinski definition) is 3. The summed E-state index contributed by atoms with van der Waals surface area (Å²) >= 11 is 4.89. The van der Waals surface area contributed by atoms with Gasteiger partial charge >= 0.3 is 5.97 Å². The molecule has 0 aliphatic carbocycles. The molecule has 1 amide bonds. The second kappa shape index (κ2) is 5.54. The van der Waals surface area contributed by atoms with Crippen LogP contribution in [0.2, 0.25) is 0 Å². The van der Waals surface area contributed by atoms with Crippen LogP contribution in [0.1, 0.15) is 22.3 Å². The maximum Gasteiger partial charge on any atom is 0.330 e. The Morgan fingerprint density at radius 2 is 2.21 bits per heavy atom. The molecule has 6 heteroatoms. The minimum Gasteiger partial charge on any atom is -0.479 e. The standard InChI is InChI=1S/C13H14BrNO3S/c1-8-6-9(14)2-3-10(8)11(16)15-13(12(17)18)4-5-19-7-13/h2-3,6H,4-5,7H2,1H3,(H,15,16)(H,17,18). The van der Waals surface area contributed by atoms with E-state index in [0.29, 0.717) is 17.7 Å². The van der Waals surface area contributed by atoms with Crippen molar-refractivity contribution in [3.8, 4) is 0 Å². The predicted octanol–water partition coefficient (Wildman–Crippen LogP) is 2.45. The lowest BCUT2D eigenvalue weighted by atomic mass is 9.98. The van der Waals surface area contributed by atoms with Gasteiger partial charge in [-0.15, -0.1) is 0 Å². The Balaban J connectivity index is 2.22. The Morgan fingerprint density at radius 1 is 1.47 bits per heavy atom. The molecule has 0 bridgehead atoms. The number of aryl methyl sites for hydroxylation is 1. The van der Waals surface area contributed by atoms with E-state index >= 15 is 0 Å². The van der Waals surface area contributed by atoms with Gasteiger partial charge in [0.15, 0.2) is 0 Å². The van der Waals surface area contributed by atoms with Crippen LogP contribution in [0.25, 0.3) is 0 Å². The summed E-state index contributed by atoms with van der Waals surface area (Å²) in [7, 11) is 0. The van der Waals surface area contributed by atoms with Crippen molar-refractivity contribution >= 4 is 39.6 Å². The lowest BCUT2D eigenvalue weighted by Gasteiger charge is -2.25. The number of carboxylic acids is 1. The molecule has 4 nitrogen and oxygen atoms in total. The SMILES string of the molecule is Cc1cc(Br)ccc1C(=O)NC1(C(=O)O)CCSC1. The van der Waals surface area contributed by atoms with Crippen LogP contribution in [-0.2, 0) is 4.79 Å². The first-order chi connectivity index (χ1) is 8.94. The fourth-order valence-corrected chi connectivity index (χ4v) is 3.85. The molecule has 1 aromatic rings. The van der Waals surface area contributed by atoms with Gasteiger partial charge in [-0.1, -0.05) is 15.9 Å². The van der Waals surface area contributed by atoms with Gasteiger partial charge in [-0.2, -0.15) is 11.8 Å². The smallest absolute Gasteiger partial charge is 0.330 e. The Labute approximate surface area is 124 Å². The molecule has 19 heavy (non-hydrogen) atoms. The number of carbonyl (C=O) groups is 2. The van der Waals surface area contributed by atoms with Crippen molar-refractivity contribution in [3.63, 3.8) is 0 Å². The molecular formula is C13H14BrNO3S. The van der Waals surface area contributed by atoms with Gasteiger partial charge in [0.25, 0.3) is 5.91 Å². The first-order valence-corrected chi connectivity index (χ1v) is 7.79. The number of nitrogens with one attached hydrogen (secondary N) is 1. The van der Waals surface area contributed by atoms with Crippen molar-refractivity contribution in [1.82, 2.24) is 5.32 Å². The zero-order valence-corrected chi connectivity index (χ0v) is 12.8. The van der Waals surface area contributed by atoms with Gasteiger partial charge in [0.05, 0.1) is 0 Å². The Hall–Kier alpha value is -1.01. The van der Waals surface area contributed by atoms with Crippen LogP contribution in [0, 0.1) is 6.92 Å². The Morgan fingerprint density at radius 3 is 2.74 bits per heavy atom. The predicted molar refractivity (Wildman–Crippen MR) is 78.7 cm³/mol. The number of amides is 1. The summed E-state index contributed by atoms with van der Waals surface area (Å²) in [6, 6.07) is 5.32. The number of thioether (sulfide) groups is 1. The highest BCUT2D eigenvalue weighted by atomic mass is 79.9. The summed E-state index contributed by atoms with van der Waals surface area (Å²) in [5, 5.41) is 12.0. The molecule has 1 fully saturated rings. The Kier molecular flexibility index (Phi) is 4.20. The van der Waals surface area contributed by atoms with E-state index in [1.807, 2.05) is 13.0 Å². The fraction of sp³-hybridized carbons (Fsp3) is 0.385. The first-order valence-electron chi connectivity index (χ1n) is 5.84. The van der Waals surface area contributed by atoms with Gasteiger partial charge in [-0.05, 0) is 42.9 Å². The summed E-state index contributed by atoms with van der Waals surface area (Å²) in [6.45, 7) is 1.83. The van der Waals surface area contributed by atoms with Crippen molar-refractivity contribution in [2.24, 2.45) is 0 Å². The van der Waals surface area contributed by atoms with E-state index in [4.69, 9.17) is 0 Å². The number of hydrogen-bond donors (Lipinski definition) is 2. The molecule has 102 valence electrons. The van der Waals surface area contributed by atoms with Gasteiger partial charge in [0.1, 0.15) is 5.54 Å². The van der Waals surface area contributed by atoms with Crippen LogP contribution in [0.3, 0.4) is 0 Å². The quantitative estimate of drug-likeness (QED) is 0.884. The van der Waals surface area contributed by atoms with Crippen LogP contribution in [0.4, 0.5) is 0 Å². The summed E-state index contributed by atoms with van der Waals surface area (Å²) in [5.74, 6) is -0.106. The van der Waals surface area contributed by atoms with E-state index in [1.54, 1.807) is 23.9 Å². The highest BCUT2D eigenvalue weighted by molar-refractivity contribution is 9.10. The number of halogens is 1. The van der Waals surface area contributed by atoms with Crippen LogP contribution in [-0.4, -0.2) is 34.0 Å². The maximum atomic E-state index is 12.2. The summed E-state index contributed by atoms with van der Waals surface area (Å²) in [6.07, 6.45) is 0.467. The lowest BCUT2D eigenvalue weighted by molar-refractivity contribution is -0.143. The van der Waals surface area contributed by atoms with Gasteiger partial charge in [-0.25, -0.2) is 4.79 Å². The number of carbonyl (C=O) groups excluding carboxylic acids is 1. The average Bonchev–Trinajstić information content (AvgIpc) is 2.78. The molecule has 1 aromatic carbocycles. The molecule has 1 aliphatic heterocycles. The molecule has 1 aliphatic rings. The average molecular weight is 344 g/mol. The van der Waals surface area contributed by atoms with Crippen LogP contribution in [0.5, 0.6) is 0 Å². The molecule has 2 N–H and O–H groups in total. The number of aliphatic carboxylic acids is 1. The molecule has 1 heterocycles. The van der Waals surface area contributed by atoms with Crippen LogP contribution < -0.4 is 5.32 Å². The zero-order valence-electron chi connectivity index (χ0n) is 10.4.